The second kappa shape index (κ2) is 3.34. The van der Waals surface area contributed by atoms with E-state index in [0.29, 0.717) is 11.4 Å². The summed E-state index contributed by atoms with van der Waals surface area (Å²) in [6, 6.07) is 3.85. The van der Waals surface area contributed by atoms with E-state index in [-0.39, 0.29) is 0 Å². The predicted molar refractivity (Wildman–Crippen MR) is 59.0 cm³/mol. The van der Waals surface area contributed by atoms with Crippen LogP contribution < -0.4 is 5.73 Å². The summed E-state index contributed by atoms with van der Waals surface area (Å²) in [5.41, 5.74) is 7.21. The highest BCUT2D eigenvalue weighted by molar-refractivity contribution is 7.80. The van der Waals surface area contributed by atoms with Gasteiger partial charge in [0.15, 0.2) is 5.65 Å². The van der Waals surface area contributed by atoms with Gasteiger partial charge in [-0.25, -0.2) is 9.97 Å². The van der Waals surface area contributed by atoms with Crippen molar-refractivity contribution < 1.29 is 0 Å². The zero-order valence-corrected chi connectivity index (χ0v) is 8.58. The Morgan fingerprint density at radius 2 is 2.43 bits per heavy atom. The minimum Gasteiger partial charge on any atom is -0.393 e. The zero-order chi connectivity index (χ0) is 10.1. The summed E-state index contributed by atoms with van der Waals surface area (Å²) in [4.78, 5) is 8.94. The molecule has 0 unspecified atom stereocenters. The van der Waals surface area contributed by atoms with Gasteiger partial charge in [-0.05, 0) is 12.1 Å². The highest BCUT2D eigenvalue weighted by Crippen LogP contribution is 2.11. The van der Waals surface area contributed by atoms with E-state index in [4.69, 9.17) is 18.0 Å². The molecule has 0 bridgehead atoms. The molecule has 2 aromatic heterocycles. The van der Waals surface area contributed by atoms with Crippen LogP contribution in [-0.2, 0) is 13.5 Å². The third kappa shape index (κ3) is 1.46. The second-order valence-electron chi connectivity index (χ2n) is 3.08. The van der Waals surface area contributed by atoms with Crippen molar-refractivity contribution in [3.8, 4) is 0 Å². The van der Waals surface area contributed by atoms with Crippen molar-refractivity contribution >= 4 is 28.4 Å². The number of aryl methyl sites for hydroxylation is 1. The first kappa shape index (κ1) is 9.08. The molecule has 4 nitrogen and oxygen atoms in total. The van der Waals surface area contributed by atoms with E-state index in [1.807, 2.05) is 23.7 Å². The lowest BCUT2D eigenvalue weighted by Crippen LogP contribution is -2.14. The van der Waals surface area contributed by atoms with Gasteiger partial charge in [0.25, 0.3) is 0 Å². The number of aromatic nitrogens is 3. The van der Waals surface area contributed by atoms with E-state index in [1.165, 1.54) is 0 Å². The van der Waals surface area contributed by atoms with E-state index in [0.717, 1.165) is 17.0 Å². The average molecular weight is 206 g/mol. The Morgan fingerprint density at radius 1 is 1.64 bits per heavy atom. The fraction of sp³-hybridized carbons (Fsp3) is 0.222. The molecule has 0 aliphatic carbocycles. The summed E-state index contributed by atoms with van der Waals surface area (Å²) in [5.74, 6) is 0.853. The highest BCUT2D eigenvalue weighted by Gasteiger charge is 2.08. The van der Waals surface area contributed by atoms with Crippen molar-refractivity contribution in [2.75, 3.05) is 0 Å². The van der Waals surface area contributed by atoms with Crippen molar-refractivity contribution in [1.29, 1.82) is 0 Å². The Balaban J connectivity index is 2.57. The Bertz CT molecular complexity index is 489. The van der Waals surface area contributed by atoms with Crippen LogP contribution >= 0.6 is 12.2 Å². The van der Waals surface area contributed by atoms with Gasteiger partial charge in [-0.3, -0.25) is 0 Å². The van der Waals surface area contributed by atoms with E-state index < -0.39 is 0 Å². The van der Waals surface area contributed by atoms with Gasteiger partial charge in [0.1, 0.15) is 5.82 Å². The number of nitrogens with two attached hydrogens (primary N) is 1. The molecule has 0 saturated heterocycles. The van der Waals surface area contributed by atoms with E-state index >= 15 is 0 Å². The van der Waals surface area contributed by atoms with Crippen LogP contribution in [0.4, 0.5) is 0 Å². The van der Waals surface area contributed by atoms with Crippen LogP contribution in [0.15, 0.2) is 18.3 Å². The molecule has 2 rings (SSSR count). The predicted octanol–water partition coefficient (Wildman–Crippen LogP) is 0.797. The van der Waals surface area contributed by atoms with Crippen LogP contribution in [0.25, 0.3) is 11.2 Å². The first-order chi connectivity index (χ1) is 6.68. The molecule has 2 N–H and O–H groups in total. The number of pyridine rings is 1. The van der Waals surface area contributed by atoms with Crippen LogP contribution in [0.3, 0.4) is 0 Å². The SMILES string of the molecule is Cn1c(CC(N)=S)nc2ncccc21. The Labute approximate surface area is 86.8 Å². The fourth-order valence-electron chi connectivity index (χ4n) is 1.39. The molecule has 0 aliphatic heterocycles. The molecule has 0 fully saturated rings. The summed E-state index contributed by atoms with van der Waals surface area (Å²) >= 11 is 4.85. The number of hydrogen-bond acceptors (Lipinski definition) is 3. The van der Waals surface area contributed by atoms with Crippen LogP contribution in [-0.4, -0.2) is 19.5 Å². The van der Waals surface area contributed by atoms with Gasteiger partial charge >= 0.3 is 0 Å². The molecule has 0 spiro atoms. The number of thiocarbonyl (C=S) groups is 1. The molecule has 0 atom stereocenters. The molecule has 72 valence electrons. The lowest BCUT2D eigenvalue weighted by Gasteiger charge is -1.99. The number of rotatable bonds is 2. The summed E-state index contributed by atoms with van der Waals surface area (Å²) in [7, 11) is 1.94. The minimum absolute atomic E-state index is 0.448. The van der Waals surface area contributed by atoms with Crippen LogP contribution in [0.1, 0.15) is 5.82 Å². The van der Waals surface area contributed by atoms with Crippen molar-refractivity contribution in [3.63, 3.8) is 0 Å². The first-order valence-corrected chi connectivity index (χ1v) is 4.64. The van der Waals surface area contributed by atoms with Gasteiger partial charge in [0, 0.05) is 13.2 Å². The normalized spacial score (nSPS) is 10.6. The monoisotopic (exact) mass is 206 g/mol. The van der Waals surface area contributed by atoms with Crippen molar-refractivity contribution in [1.82, 2.24) is 14.5 Å². The average Bonchev–Trinajstić information content (AvgIpc) is 2.44. The molecule has 0 amide bonds. The van der Waals surface area contributed by atoms with Crippen molar-refractivity contribution in [3.05, 3.63) is 24.2 Å². The van der Waals surface area contributed by atoms with Gasteiger partial charge in [0.2, 0.25) is 0 Å². The molecular weight excluding hydrogens is 196 g/mol. The molecule has 5 heteroatoms. The van der Waals surface area contributed by atoms with E-state index in [9.17, 15) is 0 Å². The lowest BCUT2D eigenvalue weighted by molar-refractivity contribution is 0.865. The third-order valence-corrected chi connectivity index (χ3v) is 2.23. The smallest absolute Gasteiger partial charge is 0.177 e. The first-order valence-electron chi connectivity index (χ1n) is 4.23. The topological polar surface area (TPSA) is 56.7 Å². The molecule has 0 aliphatic rings. The number of hydrogen-bond donors (Lipinski definition) is 1. The third-order valence-electron chi connectivity index (χ3n) is 2.08. The number of nitrogens with zero attached hydrogens (tertiary/aromatic N) is 3. The molecule has 0 saturated carbocycles. The van der Waals surface area contributed by atoms with Crippen LogP contribution in [0.5, 0.6) is 0 Å². The van der Waals surface area contributed by atoms with Crippen LogP contribution in [0, 0.1) is 0 Å². The summed E-state index contributed by atoms with van der Waals surface area (Å²) in [6.07, 6.45) is 2.24. The highest BCUT2D eigenvalue weighted by atomic mass is 32.1. The maximum absolute atomic E-state index is 5.47. The van der Waals surface area contributed by atoms with Gasteiger partial charge < -0.3 is 10.3 Å². The Morgan fingerprint density at radius 3 is 3.07 bits per heavy atom. The Hall–Kier alpha value is -1.49. The molecule has 2 heterocycles. The molecule has 14 heavy (non-hydrogen) atoms. The van der Waals surface area contributed by atoms with Crippen molar-refractivity contribution in [2.45, 2.75) is 6.42 Å². The summed E-state index contributed by atoms with van der Waals surface area (Å²) < 4.78 is 1.96. The summed E-state index contributed by atoms with van der Waals surface area (Å²) in [5, 5.41) is 0. The van der Waals surface area contributed by atoms with Crippen molar-refractivity contribution in [2.24, 2.45) is 12.8 Å². The molecule has 0 aromatic carbocycles. The fourth-order valence-corrected chi connectivity index (χ4v) is 1.52. The molecular formula is C9H10N4S. The van der Waals surface area contributed by atoms with Gasteiger partial charge in [-0.1, -0.05) is 12.2 Å². The second-order valence-corrected chi connectivity index (χ2v) is 3.60. The zero-order valence-electron chi connectivity index (χ0n) is 7.77. The largest absolute Gasteiger partial charge is 0.393 e. The lowest BCUT2D eigenvalue weighted by atomic mass is 10.4. The van der Waals surface area contributed by atoms with Gasteiger partial charge in [-0.15, -0.1) is 0 Å². The number of fused-ring (bicyclic) bond motifs is 1. The maximum Gasteiger partial charge on any atom is 0.177 e. The molecule has 0 radical (unpaired) electrons. The maximum atomic E-state index is 5.47. The van der Waals surface area contributed by atoms with Crippen LogP contribution in [0.2, 0.25) is 0 Å². The van der Waals surface area contributed by atoms with Gasteiger partial charge in [-0.2, -0.15) is 0 Å². The van der Waals surface area contributed by atoms with Gasteiger partial charge in [0.05, 0.1) is 16.9 Å². The van der Waals surface area contributed by atoms with E-state index in [1.54, 1.807) is 6.20 Å². The summed E-state index contributed by atoms with van der Waals surface area (Å²) in [6.45, 7) is 0. The standard InChI is InChI=1S/C9H10N4S/c1-13-6-3-2-4-11-9(6)12-8(13)5-7(10)14/h2-4H,5H2,1H3,(H2,10,14). The number of imidazole rings is 1. The quantitative estimate of drug-likeness (QED) is 0.738. The molecule has 2 aromatic rings. The Kier molecular flexibility index (Phi) is 2.17. The van der Waals surface area contributed by atoms with E-state index in [2.05, 4.69) is 9.97 Å². The minimum atomic E-state index is 0.448.